The first-order chi connectivity index (χ1) is 8.00. The van der Waals surface area contributed by atoms with Crippen LogP contribution >= 0.6 is 0 Å². The second-order valence-corrected chi connectivity index (χ2v) is 3.64. The summed E-state index contributed by atoms with van der Waals surface area (Å²) >= 11 is 0. The Morgan fingerprint density at radius 2 is 1.71 bits per heavy atom. The van der Waals surface area contributed by atoms with Crippen molar-refractivity contribution in [1.82, 2.24) is 15.0 Å². The average molecular weight is 244 g/mol. The highest BCUT2D eigenvalue weighted by atomic mass is 16.5. The van der Waals surface area contributed by atoms with Gasteiger partial charge in [0, 0.05) is 6.54 Å². The summed E-state index contributed by atoms with van der Waals surface area (Å²) in [5.41, 5.74) is -1.26. The molecule has 1 aromatic rings. The molecule has 0 saturated carbocycles. The van der Waals surface area contributed by atoms with Crippen LogP contribution in [-0.2, 0) is 0 Å². The molecule has 1 rings (SSSR count). The highest BCUT2D eigenvalue weighted by Gasteiger charge is 2.19. The van der Waals surface area contributed by atoms with Gasteiger partial charge in [-0.15, -0.1) is 4.98 Å². The fraction of sp³-hybridized carbons (Fsp3) is 0.667. The molecule has 0 aliphatic heterocycles. The third-order valence-corrected chi connectivity index (χ3v) is 1.93. The van der Waals surface area contributed by atoms with E-state index >= 15 is 0 Å². The lowest BCUT2D eigenvalue weighted by molar-refractivity contribution is 0.0131. The molecule has 3 N–H and O–H groups in total. The van der Waals surface area contributed by atoms with Crippen LogP contribution in [0.25, 0.3) is 0 Å². The van der Waals surface area contributed by atoms with Crippen LogP contribution in [0.1, 0.15) is 6.92 Å². The Morgan fingerprint density at radius 1 is 1.18 bits per heavy atom. The van der Waals surface area contributed by atoms with Gasteiger partial charge in [-0.3, -0.25) is 0 Å². The van der Waals surface area contributed by atoms with E-state index in [2.05, 4.69) is 20.3 Å². The minimum atomic E-state index is -1.26. The number of methoxy groups -OCH3 is 2. The molecule has 0 aliphatic rings. The number of hydrogen-bond acceptors (Lipinski definition) is 8. The standard InChI is InChI=1S/C9H16N4O4/c1-9(15,5-14)4-10-6-11-7(16-2)13-8(12-6)17-3/h14-15H,4-5H2,1-3H3,(H,10,11,12,13). The van der Waals surface area contributed by atoms with Crippen molar-refractivity contribution in [3.63, 3.8) is 0 Å². The van der Waals surface area contributed by atoms with E-state index in [-0.39, 0.29) is 31.1 Å². The van der Waals surface area contributed by atoms with Gasteiger partial charge in [-0.05, 0) is 6.92 Å². The lowest BCUT2D eigenvalue weighted by Gasteiger charge is -2.20. The molecule has 0 bridgehead atoms. The molecule has 1 aromatic heterocycles. The molecule has 0 spiro atoms. The zero-order chi connectivity index (χ0) is 12.9. The third-order valence-electron chi connectivity index (χ3n) is 1.93. The van der Waals surface area contributed by atoms with Crippen molar-refractivity contribution in [1.29, 1.82) is 0 Å². The second-order valence-electron chi connectivity index (χ2n) is 3.64. The van der Waals surface area contributed by atoms with Crippen LogP contribution in [0.4, 0.5) is 5.95 Å². The predicted molar refractivity (Wildman–Crippen MR) is 59.1 cm³/mol. The molecule has 0 fully saturated rings. The summed E-state index contributed by atoms with van der Waals surface area (Å²) in [6.45, 7) is 1.19. The monoisotopic (exact) mass is 244 g/mol. The Hall–Kier alpha value is -1.67. The highest BCUT2D eigenvalue weighted by Crippen LogP contribution is 2.12. The van der Waals surface area contributed by atoms with Crippen molar-refractivity contribution >= 4 is 5.95 Å². The number of nitrogens with one attached hydrogen (secondary N) is 1. The molecular weight excluding hydrogens is 228 g/mol. The summed E-state index contributed by atoms with van der Waals surface area (Å²) in [4.78, 5) is 11.6. The number of hydrogen-bond donors (Lipinski definition) is 3. The summed E-state index contributed by atoms with van der Waals surface area (Å²) in [7, 11) is 2.84. The lowest BCUT2D eigenvalue weighted by atomic mass is 10.1. The van der Waals surface area contributed by atoms with Gasteiger partial charge in [-0.1, -0.05) is 0 Å². The molecule has 8 heteroatoms. The number of aromatic nitrogens is 3. The fourth-order valence-corrected chi connectivity index (χ4v) is 0.925. The third kappa shape index (κ3) is 4.00. The van der Waals surface area contributed by atoms with Gasteiger partial charge in [0.15, 0.2) is 0 Å². The number of nitrogens with zero attached hydrogens (tertiary/aromatic N) is 3. The van der Waals surface area contributed by atoms with Gasteiger partial charge >= 0.3 is 12.0 Å². The van der Waals surface area contributed by atoms with Crippen LogP contribution in [-0.4, -0.2) is 58.1 Å². The number of aliphatic hydroxyl groups excluding tert-OH is 1. The molecule has 8 nitrogen and oxygen atoms in total. The molecule has 17 heavy (non-hydrogen) atoms. The maximum atomic E-state index is 9.59. The number of rotatable bonds is 6. The average Bonchev–Trinajstić information content (AvgIpc) is 2.36. The second kappa shape index (κ2) is 5.60. The zero-order valence-corrected chi connectivity index (χ0v) is 9.97. The smallest absolute Gasteiger partial charge is 0.324 e. The molecule has 1 unspecified atom stereocenters. The molecule has 0 radical (unpaired) electrons. The van der Waals surface area contributed by atoms with Crippen molar-refractivity contribution in [2.75, 3.05) is 32.7 Å². The van der Waals surface area contributed by atoms with Crippen LogP contribution in [0.5, 0.6) is 12.0 Å². The maximum Gasteiger partial charge on any atom is 0.324 e. The number of aliphatic hydroxyl groups is 2. The molecule has 0 saturated heterocycles. The van der Waals surface area contributed by atoms with E-state index in [1.165, 1.54) is 21.1 Å². The van der Waals surface area contributed by atoms with Gasteiger partial charge < -0.3 is 25.0 Å². The van der Waals surface area contributed by atoms with E-state index in [4.69, 9.17) is 14.6 Å². The number of ether oxygens (including phenoxy) is 2. The summed E-state index contributed by atoms with van der Waals surface area (Å²) in [6, 6.07) is 0.200. The van der Waals surface area contributed by atoms with Crippen LogP contribution in [0.2, 0.25) is 0 Å². The highest BCUT2D eigenvalue weighted by molar-refractivity contribution is 5.28. The minimum absolute atomic E-state index is 0.0832. The SMILES string of the molecule is COc1nc(NCC(C)(O)CO)nc(OC)n1. The van der Waals surface area contributed by atoms with Crippen LogP contribution in [0.15, 0.2) is 0 Å². The van der Waals surface area contributed by atoms with Crippen LogP contribution in [0, 0.1) is 0 Å². The largest absolute Gasteiger partial charge is 0.467 e. The van der Waals surface area contributed by atoms with E-state index in [1.54, 1.807) is 0 Å². The van der Waals surface area contributed by atoms with Gasteiger partial charge in [0.2, 0.25) is 5.95 Å². The first-order valence-electron chi connectivity index (χ1n) is 4.92. The van der Waals surface area contributed by atoms with E-state index in [0.29, 0.717) is 0 Å². The normalized spacial score (nSPS) is 13.9. The van der Waals surface area contributed by atoms with Crippen molar-refractivity contribution in [3.05, 3.63) is 0 Å². The van der Waals surface area contributed by atoms with Crippen LogP contribution < -0.4 is 14.8 Å². The quantitative estimate of drug-likeness (QED) is 0.587. The molecule has 0 amide bonds. The van der Waals surface area contributed by atoms with E-state index in [0.717, 1.165) is 0 Å². The van der Waals surface area contributed by atoms with Gasteiger partial charge in [-0.2, -0.15) is 9.97 Å². The Morgan fingerprint density at radius 3 is 2.12 bits per heavy atom. The maximum absolute atomic E-state index is 9.59. The summed E-state index contributed by atoms with van der Waals surface area (Å²) in [5.74, 6) is 0.197. The fourth-order valence-electron chi connectivity index (χ4n) is 0.925. The van der Waals surface area contributed by atoms with Gasteiger partial charge in [0.05, 0.1) is 20.8 Å². The Labute approximate surface area is 98.6 Å². The molecule has 96 valence electrons. The molecular formula is C9H16N4O4. The Kier molecular flexibility index (Phi) is 4.41. The lowest BCUT2D eigenvalue weighted by Crippen LogP contribution is -2.37. The van der Waals surface area contributed by atoms with Crippen molar-refractivity contribution in [2.24, 2.45) is 0 Å². The molecule has 1 atom stereocenters. The van der Waals surface area contributed by atoms with E-state index in [1.807, 2.05) is 0 Å². The topological polar surface area (TPSA) is 110 Å². The summed E-state index contributed by atoms with van der Waals surface area (Å²) < 4.78 is 9.72. The van der Waals surface area contributed by atoms with Gasteiger partial charge in [0.1, 0.15) is 5.60 Å². The van der Waals surface area contributed by atoms with E-state index in [9.17, 15) is 5.11 Å². The van der Waals surface area contributed by atoms with Crippen molar-refractivity contribution in [3.8, 4) is 12.0 Å². The van der Waals surface area contributed by atoms with Gasteiger partial charge in [-0.25, -0.2) is 0 Å². The Bertz CT molecular complexity index is 350. The Balaban J connectivity index is 2.76. The van der Waals surface area contributed by atoms with Crippen molar-refractivity contribution in [2.45, 2.75) is 12.5 Å². The molecule has 1 heterocycles. The van der Waals surface area contributed by atoms with E-state index < -0.39 is 5.60 Å². The minimum Gasteiger partial charge on any atom is -0.467 e. The first-order valence-corrected chi connectivity index (χ1v) is 4.92. The predicted octanol–water partition coefficient (Wildman–Crippen LogP) is -0.956. The first kappa shape index (κ1) is 13.4. The summed E-state index contributed by atoms with van der Waals surface area (Å²) in [6.07, 6.45) is 0. The van der Waals surface area contributed by atoms with Crippen LogP contribution in [0.3, 0.4) is 0 Å². The zero-order valence-electron chi connectivity index (χ0n) is 9.97. The number of anilines is 1. The van der Waals surface area contributed by atoms with Crippen molar-refractivity contribution < 1.29 is 19.7 Å². The summed E-state index contributed by atoms with van der Waals surface area (Å²) in [5, 5.41) is 21.2. The van der Waals surface area contributed by atoms with Gasteiger partial charge in [0.25, 0.3) is 0 Å². The molecule has 0 aliphatic carbocycles. The molecule has 0 aromatic carbocycles.